The standard InChI is InChI=1S/C27H37ClN4O4/c1-6-19(29-26(34)36-27(3,4)5)10-9-14-31-21-13-12-18(28)16-20(21)24-23(25(31)33)17(2)32(30-24)22-11-7-8-15-35-22/h12-13,16,19,22H,6-11,14-15H2,1-5H3,(H,29,34). The van der Waals surface area contributed by atoms with E-state index >= 15 is 0 Å². The largest absolute Gasteiger partial charge is 0.444 e. The van der Waals surface area contributed by atoms with Crippen LogP contribution in [0.3, 0.4) is 0 Å². The van der Waals surface area contributed by atoms with Gasteiger partial charge in [-0.2, -0.15) is 5.10 Å². The number of carbonyl (C=O) groups excluding carboxylic acids is 1. The number of carbonyl (C=O) groups is 1. The topological polar surface area (TPSA) is 87.4 Å². The molecule has 3 heterocycles. The number of nitrogens with one attached hydrogen (secondary N) is 1. The van der Waals surface area contributed by atoms with Crippen LogP contribution in [0.1, 0.15) is 78.1 Å². The van der Waals surface area contributed by atoms with Crippen molar-refractivity contribution < 1.29 is 14.3 Å². The second-order valence-corrected chi connectivity index (χ2v) is 11.0. The second kappa shape index (κ2) is 10.8. The Labute approximate surface area is 216 Å². The number of hydrogen-bond donors (Lipinski definition) is 1. The minimum absolute atomic E-state index is 0.0343. The van der Waals surface area contributed by atoms with Crippen LogP contribution in [0.5, 0.6) is 0 Å². The van der Waals surface area contributed by atoms with Crippen LogP contribution in [0.4, 0.5) is 4.79 Å². The summed E-state index contributed by atoms with van der Waals surface area (Å²) in [5, 5.41) is 9.87. The fraction of sp³-hybridized carbons (Fsp3) is 0.593. The zero-order valence-corrected chi connectivity index (χ0v) is 22.7. The van der Waals surface area contributed by atoms with Gasteiger partial charge in [-0.25, -0.2) is 9.48 Å². The van der Waals surface area contributed by atoms with E-state index in [1.165, 1.54) is 0 Å². The number of aromatic nitrogens is 3. The molecule has 1 aromatic carbocycles. The summed E-state index contributed by atoms with van der Waals surface area (Å²) in [4.78, 5) is 26.0. The zero-order chi connectivity index (χ0) is 26.0. The highest BCUT2D eigenvalue weighted by Gasteiger charge is 2.24. The maximum absolute atomic E-state index is 13.8. The summed E-state index contributed by atoms with van der Waals surface area (Å²) in [6, 6.07) is 5.54. The molecule has 196 valence electrons. The van der Waals surface area contributed by atoms with Crippen molar-refractivity contribution in [2.24, 2.45) is 0 Å². The van der Waals surface area contributed by atoms with Crippen molar-refractivity contribution in [3.05, 3.63) is 39.3 Å². The molecule has 1 fully saturated rings. The SMILES string of the molecule is CCC(CCCn1c(=O)c2c(C)n(C3CCCCO3)nc2c2cc(Cl)ccc21)NC(=O)OC(C)(C)C. The predicted octanol–water partition coefficient (Wildman–Crippen LogP) is 6.10. The van der Waals surface area contributed by atoms with E-state index in [0.717, 1.165) is 55.1 Å². The molecule has 8 nitrogen and oxygen atoms in total. The average molecular weight is 517 g/mol. The fourth-order valence-corrected chi connectivity index (χ4v) is 5.08. The third-order valence-electron chi connectivity index (χ3n) is 6.69. The van der Waals surface area contributed by atoms with Gasteiger partial charge in [0, 0.05) is 29.6 Å². The molecule has 0 saturated carbocycles. The molecule has 1 N–H and O–H groups in total. The van der Waals surface area contributed by atoms with E-state index < -0.39 is 11.7 Å². The Kier molecular flexibility index (Phi) is 7.95. The molecule has 1 aliphatic rings. The summed E-state index contributed by atoms with van der Waals surface area (Å²) in [6.07, 6.45) is 4.65. The number of halogens is 1. The third-order valence-corrected chi connectivity index (χ3v) is 6.93. The van der Waals surface area contributed by atoms with Crippen LogP contribution in [0.25, 0.3) is 21.8 Å². The number of alkyl carbamates (subject to hydrolysis) is 1. The number of amides is 1. The van der Waals surface area contributed by atoms with Gasteiger partial charge in [0.25, 0.3) is 5.56 Å². The summed E-state index contributed by atoms with van der Waals surface area (Å²) in [6.45, 7) is 10.7. The zero-order valence-electron chi connectivity index (χ0n) is 21.9. The molecule has 1 amide bonds. The van der Waals surface area contributed by atoms with Gasteiger partial charge in [0.2, 0.25) is 0 Å². The molecule has 36 heavy (non-hydrogen) atoms. The van der Waals surface area contributed by atoms with Crippen molar-refractivity contribution in [3.63, 3.8) is 0 Å². The molecule has 1 aliphatic heterocycles. The Bertz CT molecular complexity index is 1300. The number of ether oxygens (including phenoxy) is 2. The van der Waals surface area contributed by atoms with Crippen LogP contribution >= 0.6 is 11.6 Å². The molecular formula is C27H37ClN4O4. The number of aryl methyl sites for hydroxylation is 2. The van der Waals surface area contributed by atoms with E-state index in [1.807, 2.05) is 56.0 Å². The molecule has 0 spiro atoms. The highest BCUT2D eigenvalue weighted by atomic mass is 35.5. The molecule has 0 bridgehead atoms. The molecule has 1 saturated heterocycles. The van der Waals surface area contributed by atoms with E-state index in [1.54, 1.807) is 6.07 Å². The van der Waals surface area contributed by atoms with Crippen LogP contribution in [0, 0.1) is 6.92 Å². The third kappa shape index (κ3) is 5.70. The Balaban J connectivity index is 1.63. The Morgan fingerprint density at radius 2 is 2.11 bits per heavy atom. The van der Waals surface area contributed by atoms with E-state index in [0.29, 0.717) is 29.1 Å². The van der Waals surface area contributed by atoms with Crippen LogP contribution in [-0.4, -0.2) is 38.7 Å². The monoisotopic (exact) mass is 516 g/mol. The van der Waals surface area contributed by atoms with Crippen molar-refractivity contribution in [2.45, 2.75) is 97.6 Å². The van der Waals surface area contributed by atoms with Crippen LogP contribution in [0.2, 0.25) is 5.02 Å². The normalized spacial score (nSPS) is 17.4. The van der Waals surface area contributed by atoms with Gasteiger partial charge in [-0.15, -0.1) is 0 Å². The van der Waals surface area contributed by atoms with Crippen molar-refractivity contribution in [2.75, 3.05) is 6.61 Å². The second-order valence-electron chi connectivity index (χ2n) is 10.6. The lowest BCUT2D eigenvalue weighted by molar-refractivity contribution is -0.0402. The number of nitrogens with zero attached hydrogens (tertiary/aromatic N) is 3. The van der Waals surface area contributed by atoms with Gasteiger partial charge < -0.3 is 19.4 Å². The predicted molar refractivity (Wildman–Crippen MR) is 143 cm³/mol. The first-order valence-corrected chi connectivity index (χ1v) is 13.3. The summed E-state index contributed by atoms with van der Waals surface area (Å²) < 4.78 is 15.0. The number of benzene rings is 1. The van der Waals surface area contributed by atoms with Crippen molar-refractivity contribution in [1.29, 1.82) is 0 Å². The van der Waals surface area contributed by atoms with E-state index in [4.69, 9.17) is 26.2 Å². The first-order valence-electron chi connectivity index (χ1n) is 12.9. The molecule has 3 aromatic rings. The van der Waals surface area contributed by atoms with Gasteiger partial charge >= 0.3 is 6.09 Å². The number of hydrogen-bond acceptors (Lipinski definition) is 5. The van der Waals surface area contributed by atoms with Gasteiger partial charge in [-0.1, -0.05) is 18.5 Å². The van der Waals surface area contributed by atoms with E-state index in [-0.39, 0.29) is 17.8 Å². The van der Waals surface area contributed by atoms with E-state index in [9.17, 15) is 9.59 Å². The smallest absolute Gasteiger partial charge is 0.407 e. The lowest BCUT2D eigenvalue weighted by Crippen LogP contribution is -2.39. The molecular weight excluding hydrogens is 480 g/mol. The van der Waals surface area contributed by atoms with Crippen LogP contribution in [0.15, 0.2) is 23.0 Å². The van der Waals surface area contributed by atoms with Crippen molar-refractivity contribution >= 4 is 39.5 Å². The van der Waals surface area contributed by atoms with Crippen molar-refractivity contribution in [3.8, 4) is 0 Å². The Morgan fingerprint density at radius 3 is 2.78 bits per heavy atom. The molecule has 2 unspecified atom stereocenters. The van der Waals surface area contributed by atoms with E-state index in [2.05, 4.69) is 5.32 Å². The molecule has 2 aromatic heterocycles. The fourth-order valence-electron chi connectivity index (χ4n) is 4.91. The lowest BCUT2D eigenvalue weighted by atomic mass is 10.1. The number of pyridine rings is 1. The minimum atomic E-state index is -0.545. The highest BCUT2D eigenvalue weighted by Crippen LogP contribution is 2.31. The molecule has 0 radical (unpaired) electrons. The molecule has 9 heteroatoms. The number of fused-ring (bicyclic) bond motifs is 3. The minimum Gasteiger partial charge on any atom is -0.444 e. The maximum Gasteiger partial charge on any atom is 0.407 e. The van der Waals surface area contributed by atoms with Crippen LogP contribution < -0.4 is 10.9 Å². The first-order chi connectivity index (χ1) is 17.1. The molecule has 0 aliphatic carbocycles. The Morgan fingerprint density at radius 1 is 1.33 bits per heavy atom. The highest BCUT2D eigenvalue weighted by molar-refractivity contribution is 6.31. The Hall–Kier alpha value is -2.58. The van der Waals surface area contributed by atoms with Crippen molar-refractivity contribution in [1.82, 2.24) is 19.7 Å². The summed E-state index contributed by atoms with van der Waals surface area (Å²) in [7, 11) is 0. The van der Waals surface area contributed by atoms with Gasteiger partial charge in [-0.05, 0) is 84.4 Å². The molecule has 4 rings (SSSR count). The van der Waals surface area contributed by atoms with Gasteiger partial charge in [-0.3, -0.25) is 4.79 Å². The first kappa shape index (κ1) is 26.5. The quantitative estimate of drug-likeness (QED) is 0.410. The summed E-state index contributed by atoms with van der Waals surface area (Å²) in [5.74, 6) is 0. The molecule has 2 atom stereocenters. The number of rotatable bonds is 7. The lowest BCUT2D eigenvalue weighted by Gasteiger charge is -2.23. The summed E-state index contributed by atoms with van der Waals surface area (Å²) in [5.41, 5.74) is 1.68. The maximum atomic E-state index is 13.8. The van der Waals surface area contributed by atoms with Gasteiger partial charge in [0.05, 0.1) is 16.6 Å². The van der Waals surface area contributed by atoms with Gasteiger partial charge in [0.15, 0.2) is 0 Å². The summed E-state index contributed by atoms with van der Waals surface area (Å²) >= 11 is 6.37. The van der Waals surface area contributed by atoms with Crippen LogP contribution in [-0.2, 0) is 16.0 Å². The average Bonchev–Trinajstić information content (AvgIpc) is 3.17. The van der Waals surface area contributed by atoms with Gasteiger partial charge in [0.1, 0.15) is 17.3 Å².